The van der Waals surface area contributed by atoms with Gasteiger partial charge in [-0.15, -0.1) is 0 Å². The van der Waals surface area contributed by atoms with Crippen molar-refractivity contribution >= 4 is 11.9 Å². The summed E-state index contributed by atoms with van der Waals surface area (Å²) in [7, 11) is 0. The number of anilines is 1. The fraction of sp³-hybridized carbons (Fsp3) is 0.600. The van der Waals surface area contributed by atoms with Gasteiger partial charge in [0.2, 0.25) is 0 Å². The standard InChI is InChI=1S/C15H22N4O2/c1-3-11-8-17-13(14(20)18-11)19-6-4-15(5-7-19)9-21-10(2)12(15)16/h3,8,10,12H,1,4-7,9,16H2,2H3,(H,18,20)/t10-,12+/m0/s1. The smallest absolute Gasteiger partial charge is 0.291 e. The second-order valence-electron chi connectivity index (χ2n) is 6.09. The van der Waals surface area contributed by atoms with E-state index in [2.05, 4.69) is 16.5 Å². The van der Waals surface area contributed by atoms with Gasteiger partial charge in [0, 0.05) is 24.5 Å². The van der Waals surface area contributed by atoms with Crippen molar-refractivity contribution in [2.24, 2.45) is 11.1 Å². The number of rotatable bonds is 2. The highest BCUT2D eigenvalue weighted by Crippen LogP contribution is 2.41. The Hall–Kier alpha value is -1.66. The molecule has 2 aliphatic rings. The molecule has 3 rings (SSSR count). The van der Waals surface area contributed by atoms with Crippen molar-refractivity contribution in [3.63, 3.8) is 0 Å². The number of ether oxygens (including phenoxy) is 1. The molecule has 2 aliphatic heterocycles. The van der Waals surface area contributed by atoms with Gasteiger partial charge in [0.1, 0.15) is 0 Å². The number of nitrogens with zero attached hydrogens (tertiary/aromatic N) is 2. The lowest BCUT2D eigenvalue weighted by Crippen LogP contribution is -2.51. The molecule has 114 valence electrons. The molecule has 1 aromatic rings. The fourth-order valence-corrected chi connectivity index (χ4v) is 3.37. The number of aromatic nitrogens is 2. The molecule has 1 spiro atoms. The molecular weight excluding hydrogens is 268 g/mol. The van der Waals surface area contributed by atoms with Gasteiger partial charge in [-0.1, -0.05) is 6.58 Å². The van der Waals surface area contributed by atoms with Crippen molar-refractivity contribution in [2.45, 2.75) is 31.9 Å². The summed E-state index contributed by atoms with van der Waals surface area (Å²) in [5.41, 5.74) is 6.83. The Labute approximate surface area is 124 Å². The summed E-state index contributed by atoms with van der Waals surface area (Å²) in [4.78, 5) is 21.1. The molecule has 0 amide bonds. The van der Waals surface area contributed by atoms with Crippen molar-refractivity contribution in [2.75, 3.05) is 24.6 Å². The highest BCUT2D eigenvalue weighted by atomic mass is 16.5. The van der Waals surface area contributed by atoms with Crippen LogP contribution >= 0.6 is 0 Å². The average Bonchev–Trinajstić information content (AvgIpc) is 2.77. The lowest BCUT2D eigenvalue weighted by atomic mass is 9.73. The molecule has 2 atom stereocenters. The predicted octanol–water partition coefficient (Wildman–Crippen LogP) is 0.746. The second kappa shape index (κ2) is 5.27. The van der Waals surface area contributed by atoms with Crippen molar-refractivity contribution in [1.29, 1.82) is 0 Å². The van der Waals surface area contributed by atoms with E-state index < -0.39 is 0 Å². The molecule has 0 aromatic carbocycles. The first-order chi connectivity index (χ1) is 10.1. The first-order valence-corrected chi connectivity index (χ1v) is 7.40. The molecule has 2 fully saturated rings. The predicted molar refractivity (Wildman–Crippen MR) is 82.2 cm³/mol. The number of hydrogen-bond acceptors (Lipinski definition) is 5. The Kier molecular flexibility index (Phi) is 3.59. The lowest BCUT2D eigenvalue weighted by molar-refractivity contribution is 0.0974. The first kappa shape index (κ1) is 14.3. The highest BCUT2D eigenvalue weighted by Gasteiger charge is 2.47. The molecule has 1 aromatic heterocycles. The van der Waals surface area contributed by atoms with Crippen LogP contribution in [0.1, 0.15) is 25.5 Å². The van der Waals surface area contributed by atoms with Crippen LogP contribution in [0.2, 0.25) is 0 Å². The van der Waals surface area contributed by atoms with Gasteiger partial charge in [-0.3, -0.25) is 4.79 Å². The lowest BCUT2D eigenvalue weighted by Gasteiger charge is -2.41. The molecule has 6 nitrogen and oxygen atoms in total. The monoisotopic (exact) mass is 290 g/mol. The van der Waals surface area contributed by atoms with Crippen molar-refractivity contribution < 1.29 is 4.74 Å². The third-order valence-corrected chi connectivity index (χ3v) is 4.91. The first-order valence-electron chi connectivity index (χ1n) is 7.40. The van der Waals surface area contributed by atoms with Gasteiger partial charge in [-0.2, -0.15) is 0 Å². The SMILES string of the molecule is C=Cc1cnc(N2CCC3(CC2)CO[C@@H](C)[C@H]3N)c(=O)[nH]1. The van der Waals surface area contributed by atoms with E-state index in [9.17, 15) is 4.79 Å². The van der Waals surface area contributed by atoms with E-state index >= 15 is 0 Å². The zero-order chi connectivity index (χ0) is 15.0. The molecule has 3 heterocycles. The number of aromatic amines is 1. The van der Waals surface area contributed by atoms with Crippen LogP contribution in [0.15, 0.2) is 17.6 Å². The minimum Gasteiger partial charge on any atom is -0.376 e. The quantitative estimate of drug-likeness (QED) is 0.839. The van der Waals surface area contributed by atoms with Gasteiger partial charge in [0.25, 0.3) is 5.56 Å². The molecule has 2 saturated heterocycles. The van der Waals surface area contributed by atoms with Crippen molar-refractivity contribution in [3.05, 3.63) is 28.8 Å². The van der Waals surface area contributed by atoms with Gasteiger partial charge in [-0.05, 0) is 25.8 Å². The Balaban J connectivity index is 1.74. The maximum atomic E-state index is 12.1. The van der Waals surface area contributed by atoms with E-state index in [0.29, 0.717) is 11.5 Å². The van der Waals surface area contributed by atoms with Crippen molar-refractivity contribution in [1.82, 2.24) is 9.97 Å². The van der Waals surface area contributed by atoms with Crippen LogP contribution in [-0.4, -0.2) is 41.8 Å². The number of nitrogens with one attached hydrogen (secondary N) is 1. The van der Waals surface area contributed by atoms with Gasteiger partial charge in [0.15, 0.2) is 5.82 Å². The average molecular weight is 290 g/mol. The van der Waals surface area contributed by atoms with Crippen LogP contribution in [0.25, 0.3) is 6.08 Å². The van der Waals surface area contributed by atoms with E-state index in [-0.39, 0.29) is 23.1 Å². The molecule has 3 N–H and O–H groups in total. The third-order valence-electron chi connectivity index (χ3n) is 4.91. The molecular formula is C15H22N4O2. The fourth-order valence-electron chi connectivity index (χ4n) is 3.37. The zero-order valence-electron chi connectivity index (χ0n) is 12.3. The Morgan fingerprint density at radius 1 is 1.57 bits per heavy atom. The molecule has 0 saturated carbocycles. The molecule has 6 heteroatoms. The third kappa shape index (κ3) is 2.38. The van der Waals surface area contributed by atoms with Crippen LogP contribution in [-0.2, 0) is 4.74 Å². The topological polar surface area (TPSA) is 84.2 Å². The summed E-state index contributed by atoms with van der Waals surface area (Å²) in [5, 5.41) is 0. The summed E-state index contributed by atoms with van der Waals surface area (Å²) in [6, 6.07) is 0.0778. The van der Waals surface area contributed by atoms with Crippen LogP contribution < -0.4 is 16.2 Å². The van der Waals surface area contributed by atoms with Crippen LogP contribution in [0.3, 0.4) is 0 Å². The van der Waals surface area contributed by atoms with Gasteiger partial charge in [-0.25, -0.2) is 4.98 Å². The molecule has 21 heavy (non-hydrogen) atoms. The number of piperidine rings is 1. The maximum absolute atomic E-state index is 12.1. The van der Waals surface area contributed by atoms with Gasteiger partial charge >= 0.3 is 0 Å². The molecule has 0 aliphatic carbocycles. The summed E-state index contributed by atoms with van der Waals surface area (Å²) >= 11 is 0. The summed E-state index contributed by atoms with van der Waals surface area (Å²) in [6.07, 6.45) is 5.20. The van der Waals surface area contributed by atoms with Crippen LogP contribution in [0.4, 0.5) is 5.82 Å². The largest absolute Gasteiger partial charge is 0.376 e. The molecule has 0 bridgehead atoms. The summed E-state index contributed by atoms with van der Waals surface area (Å²) in [5.74, 6) is 0.482. The minimum atomic E-state index is -0.163. The van der Waals surface area contributed by atoms with Crippen molar-refractivity contribution in [3.8, 4) is 0 Å². The molecule has 0 radical (unpaired) electrons. The Morgan fingerprint density at radius 3 is 2.81 bits per heavy atom. The van der Waals surface area contributed by atoms with E-state index in [1.165, 1.54) is 0 Å². The number of H-pyrrole nitrogens is 1. The number of nitrogens with two attached hydrogens (primary N) is 1. The molecule has 0 unspecified atom stereocenters. The van der Waals surface area contributed by atoms with E-state index in [4.69, 9.17) is 10.5 Å². The van der Waals surface area contributed by atoms with E-state index in [1.807, 2.05) is 11.8 Å². The highest BCUT2D eigenvalue weighted by molar-refractivity contribution is 5.44. The Morgan fingerprint density at radius 2 is 2.29 bits per heavy atom. The van der Waals surface area contributed by atoms with Gasteiger partial charge < -0.3 is 20.4 Å². The Bertz CT molecular complexity index is 590. The second-order valence-corrected chi connectivity index (χ2v) is 6.09. The number of hydrogen-bond donors (Lipinski definition) is 2. The van der Waals surface area contributed by atoms with Crippen LogP contribution in [0.5, 0.6) is 0 Å². The summed E-state index contributed by atoms with van der Waals surface area (Å²) in [6.45, 7) is 7.95. The van der Waals surface area contributed by atoms with E-state index in [0.717, 1.165) is 32.5 Å². The van der Waals surface area contributed by atoms with E-state index in [1.54, 1.807) is 12.3 Å². The van der Waals surface area contributed by atoms with Crippen LogP contribution in [0, 0.1) is 5.41 Å². The summed E-state index contributed by atoms with van der Waals surface area (Å²) < 4.78 is 5.72. The minimum absolute atomic E-state index is 0.0593. The zero-order valence-corrected chi connectivity index (χ0v) is 12.3. The van der Waals surface area contributed by atoms with Gasteiger partial charge in [0.05, 0.1) is 24.6 Å². The normalized spacial score (nSPS) is 28.0. The maximum Gasteiger partial charge on any atom is 0.291 e.